The van der Waals surface area contributed by atoms with Gasteiger partial charge in [-0.3, -0.25) is 0 Å². The van der Waals surface area contributed by atoms with E-state index in [1.807, 2.05) is 12.1 Å². The van der Waals surface area contributed by atoms with Crippen molar-refractivity contribution < 1.29 is 0 Å². The monoisotopic (exact) mass is 229 g/mol. The number of nitriles is 1. The summed E-state index contributed by atoms with van der Waals surface area (Å²) in [5, 5.41) is 12.1. The number of pyridine rings is 1. The van der Waals surface area contributed by atoms with Crippen molar-refractivity contribution >= 4 is 5.82 Å². The molecule has 0 unspecified atom stereocenters. The molecule has 1 aromatic rings. The van der Waals surface area contributed by atoms with Gasteiger partial charge < -0.3 is 5.32 Å². The predicted molar refractivity (Wildman–Crippen MR) is 68.6 cm³/mol. The molecule has 3 nitrogen and oxygen atoms in total. The normalized spacial score (nSPS) is 19.6. The van der Waals surface area contributed by atoms with E-state index >= 15 is 0 Å². The van der Waals surface area contributed by atoms with Gasteiger partial charge in [-0.1, -0.05) is 13.8 Å². The molecule has 1 heterocycles. The van der Waals surface area contributed by atoms with Gasteiger partial charge in [-0.05, 0) is 43.2 Å². The summed E-state index contributed by atoms with van der Waals surface area (Å²) in [5.74, 6) is 0.883. The molecular weight excluding hydrogens is 210 g/mol. The number of hydrogen-bond donors (Lipinski definition) is 1. The highest BCUT2D eigenvalue weighted by atomic mass is 15.0. The molecule has 0 saturated heterocycles. The van der Waals surface area contributed by atoms with Crippen molar-refractivity contribution in [3.63, 3.8) is 0 Å². The molecule has 2 rings (SSSR count). The van der Waals surface area contributed by atoms with Crippen LogP contribution in [0.25, 0.3) is 0 Å². The van der Waals surface area contributed by atoms with Crippen molar-refractivity contribution in [2.75, 3.05) is 5.32 Å². The Labute approximate surface area is 103 Å². The van der Waals surface area contributed by atoms with Crippen molar-refractivity contribution in [1.29, 1.82) is 5.26 Å². The Kier molecular flexibility index (Phi) is 3.33. The minimum Gasteiger partial charge on any atom is -0.367 e. The number of nitrogens with zero attached hydrogens (tertiary/aromatic N) is 2. The SMILES string of the molecule is CC1(C)CCC(Nc2ccc(C#N)cn2)CC1. The average Bonchev–Trinajstić information content (AvgIpc) is 2.33. The fraction of sp³-hybridized carbons (Fsp3) is 0.571. The second-order valence-electron chi connectivity index (χ2n) is 5.63. The van der Waals surface area contributed by atoms with E-state index in [0.717, 1.165) is 5.82 Å². The van der Waals surface area contributed by atoms with Crippen LogP contribution in [0.15, 0.2) is 18.3 Å². The molecule has 1 aromatic heterocycles. The van der Waals surface area contributed by atoms with Gasteiger partial charge in [0.2, 0.25) is 0 Å². The van der Waals surface area contributed by atoms with Crippen LogP contribution in [0.3, 0.4) is 0 Å². The van der Waals surface area contributed by atoms with E-state index < -0.39 is 0 Å². The van der Waals surface area contributed by atoms with Crippen LogP contribution in [0.4, 0.5) is 5.82 Å². The summed E-state index contributed by atoms with van der Waals surface area (Å²) in [6.07, 6.45) is 6.56. The molecule has 1 fully saturated rings. The van der Waals surface area contributed by atoms with E-state index in [4.69, 9.17) is 5.26 Å². The highest BCUT2D eigenvalue weighted by Gasteiger charge is 2.26. The van der Waals surface area contributed by atoms with E-state index in [9.17, 15) is 0 Å². The molecule has 1 N–H and O–H groups in total. The van der Waals surface area contributed by atoms with Crippen LogP contribution in [0.5, 0.6) is 0 Å². The molecule has 3 heteroatoms. The Morgan fingerprint density at radius 2 is 2.06 bits per heavy atom. The minimum absolute atomic E-state index is 0.496. The van der Waals surface area contributed by atoms with Crippen LogP contribution in [-0.2, 0) is 0 Å². The van der Waals surface area contributed by atoms with Gasteiger partial charge in [0.15, 0.2) is 0 Å². The third kappa shape index (κ3) is 3.20. The van der Waals surface area contributed by atoms with Gasteiger partial charge in [0.05, 0.1) is 5.56 Å². The zero-order valence-corrected chi connectivity index (χ0v) is 10.5. The van der Waals surface area contributed by atoms with Gasteiger partial charge in [-0.25, -0.2) is 4.98 Å². The summed E-state index contributed by atoms with van der Waals surface area (Å²) in [4.78, 5) is 4.25. The maximum atomic E-state index is 8.70. The zero-order valence-electron chi connectivity index (χ0n) is 10.5. The van der Waals surface area contributed by atoms with Gasteiger partial charge in [0, 0.05) is 12.2 Å². The maximum absolute atomic E-state index is 8.70. The van der Waals surface area contributed by atoms with Crippen LogP contribution in [0, 0.1) is 16.7 Å². The molecule has 0 amide bonds. The largest absolute Gasteiger partial charge is 0.367 e. The molecule has 0 radical (unpaired) electrons. The van der Waals surface area contributed by atoms with Crippen LogP contribution in [-0.4, -0.2) is 11.0 Å². The third-order valence-corrected chi connectivity index (χ3v) is 3.58. The quantitative estimate of drug-likeness (QED) is 0.846. The van der Waals surface area contributed by atoms with Crippen LogP contribution >= 0.6 is 0 Å². The molecule has 0 spiro atoms. The first-order valence-electron chi connectivity index (χ1n) is 6.22. The second-order valence-corrected chi connectivity index (χ2v) is 5.63. The van der Waals surface area contributed by atoms with Gasteiger partial charge in [-0.15, -0.1) is 0 Å². The van der Waals surface area contributed by atoms with Crippen molar-refractivity contribution in [2.45, 2.75) is 45.6 Å². The maximum Gasteiger partial charge on any atom is 0.126 e. The lowest BCUT2D eigenvalue weighted by Gasteiger charge is -2.34. The fourth-order valence-corrected chi connectivity index (χ4v) is 2.30. The van der Waals surface area contributed by atoms with Crippen molar-refractivity contribution in [1.82, 2.24) is 4.98 Å². The van der Waals surface area contributed by atoms with E-state index in [2.05, 4.69) is 30.2 Å². The predicted octanol–water partition coefficient (Wildman–Crippen LogP) is 3.33. The van der Waals surface area contributed by atoms with Gasteiger partial charge in [-0.2, -0.15) is 5.26 Å². The number of anilines is 1. The summed E-state index contributed by atoms with van der Waals surface area (Å²) in [7, 11) is 0. The summed E-state index contributed by atoms with van der Waals surface area (Å²) >= 11 is 0. The lowest BCUT2D eigenvalue weighted by Crippen LogP contribution is -2.30. The minimum atomic E-state index is 0.496. The Balaban J connectivity index is 1.91. The van der Waals surface area contributed by atoms with Crippen LogP contribution in [0.2, 0.25) is 0 Å². The van der Waals surface area contributed by atoms with E-state index in [1.165, 1.54) is 25.7 Å². The van der Waals surface area contributed by atoms with Crippen LogP contribution in [0.1, 0.15) is 45.1 Å². The van der Waals surface area contributed by atoms with E-state index in [0.29, 0.717) is 17.0 Å². The van der Waals surface area contributed by atoms with Crippen molar-refractivity contribution in [3.8, 4) is 6.07 Å². The summed E-state index contributed by atoms with van der Waals surface area (Å²) in [6, 6.07) is 6.30. The molecule has 17 heavy (non-hydrogen) atoms. The lowest BCUT2D eigenvalue weighted by atomic mass is 9.75. The standard InChI is InChI=1S/C14H19N3/c1-14(2)7-5-12(6-8-14)17-13-4-3-11(9-15)10-16-13/h3-4,10,12H,5-8H2,1-2H3,(H,16,17). The number of aromatic nitrogens is 1. The Bertz CT molecular complexity index is 404. The summed E-state index contributed by atoms with van der Waals surface area (Å²) in [5.41, 5.74) is 1.11. The topological polar surface area (TPSA) is 48.7 Å². The first-order chi connectivity index (χ1) is 8.09. The Morgan fingerprint density at radius 1 is 1.35 bits per heavy atom. The third-order valence-electron chi connectivity index (χ3n) is 3.58. The molecule has 1 aliphatic carbocycles. The number of rotatable bonds is 2. The molecule has 0 aromatic carbocycles. The van der Waals surface area contributed by atoms with Gasteiger partial charge >= 0.3 is 0 Å². The molecular formula is C14H19N3. The highest BCUT2D eigenvalue weighted by molar-refractivity contribution is 5.39. The van der Waals surface area contributed by atoms with Gasteiger partial charge in [0.1, 0.15) is 11.9 Å². The molecule has 1 aliphatic rings. The average molecular weight is 229 g/mol. The lowest BCUT2D eigenvalue weighted by molar-refractivity contribution is 0.232. The molecule has 0 atom stereocenters. The highest BCUT2D eigenvalue weighted by Crippen LogP contribution is 2.35. The van der Waals surface area contributed by atoms with Crippen LogP contribution < -0.4 is 5.32 Å². The van der Waals surface area contributed by atoms with E-state index in [-0.39, 0.29) is 0 Å². The van der Waals surface area contributed by atoms with E-state index in [1.54, 1.807) is 6.20 Å². The number of hydrogen-bond acceptors (Lipinski definition) is 3. The number of nitrogens with one attached hydrogen (secondary N) is 1. The zero-order chi connectivity index (χ0) is 12.3. The fourth-order valence-electron chi connectivity index (χ4n) is 2.30. The van der Waals surface area contributed by atoms with Gasteiger partial charge in [0.25, 0.3) is 0 Å². The molecule has 90 valence electrons. The van der Waals surface area contributed by atoms with Crippen molar-refractivity contribution in [2.24, 2.45) is 5.41 Å². The van der Waals surface area contributed by atoms with Crippen molar-refractivity contribution in [3.05, 3.63) is 23.9 Å². The summed E-state index contributed by atoms with van der Waals surface area (Å²) in [6.45, 7) is 4.67. The molecule has 1 saturated carbocycles. The Hall–Kier alpha value is -1.56. The second kappa shape index (κ2) is 4.75. The first-order valence-corrected chi connectivity index (χ1v) is 6.22. The first kappa shape index (κ1) is 11.9. The Morgan fingerprint density at radius 3 is 2.59 bits per heavy atom. The smallest absolute Gasteiger partial charge is 0.126 e. The summed E-state index contributed by atoms with van der Waals surface area (Å²) < 4.78 is 0. The molecule has 0 aliphatic heterocycles. The molecule has 0 bridgehead atoms.